The Bertz CT molecular complexity index is 629. The van der Waals surface area contributed by atoms with E-state index in [1.54, 1.807) is 0 Å². The third kappa shape index (κ3) is 69.9. The zero-order valence-electron chi connectivity index (χ0n) is 12.3. The Balaban J connectivity index is -0.000000270. The minimum absolute atomic E-state index is 1.12. The zero-order chi connectivity index (χ0) is 19.8. The molecule has 0 radical (unpaired) electrons. The molecule has 1 aromatic rings. The van der Waals surface area contributed by atoms with Crippen LogP contribution in [0.25, 0.3) is 0 Å². The molecule has 0 aliphatic heterocycles. The summed E-state index contributed by atoms with van der Waals surface area (Å²) in [4.78, 5) is 4.22. The molecule has 0 unspecified atom stereocenters. The Morgan fingerprint density at radius 2 is 1.38 bits per heavy atom. The molecule has 0 saturated heterocycles. The fraction of sp³-hybridized carbons (Fsp3) is 0.444. The van der Waals surface area contributed by atoms with Crippen LogP contribution in [0, 0.1) is 0 Å². The number of thiol groups is 1. The van der Waals surface area contributed by atoms with Gasteiger partial charge in [-0.1, -0.05) is 19.4 Å². The van der Waals surface area contributed by atoms with Crippen LogP contribution in [0.5, 0.6) is 0 Å². The second-order valence-electron chi connectivity index (χ2n) is 3.56. The van der Waals surface area contributed by atoms with Crippen molar-refractivity contribution in [3.8, 4) is 0 Å². The fourth-order valence-electron chi connectivity index (χ4n) is 0.904. The van der Waals surface area contributed by atoms with Crippen LogP contribution < -0.4 is 0 Å². The fourth-order valence-corrected chi connectivity index (χ4v) is 0.904. The van der Waals surface area contributed by atoms with E-state index in [-0.39, 0.29) is 0 Å². The third-order valence-corrected chi connectivity index (χ3v) is 1.51. The first-order valence-corrected chi connectivity index (χ1v) is 9.72. The maximum atomic E-state index is 8.74. The van der Waals surface area contributed by atoms with Crippen molar-refractivity contribution < 1.29 is 48.0 Å². The van der Waals surface area contributed by atoms with Gasteiger partial charge in [-0.25, -0.2) is 8.42 Å². The molecule has 144 valence electrons. The van der Waals surface area contributed by atoms with E-state index >= 15 is 0 Å². The molecule has 0 atom stereocenters. The largest absolute Gasteiger partial charge is 0.394 e. The average molecular weight is 413 g/mol. The van der Waals surface area contributed by atoms with E-state index < -0.39 is 31.8 Å². The highest BCUT2D eigenvalue weighted by Crippen LogP contribution is 1.99. The molecule has 0 aliphatic carbocycles. The van der Waals surface area contributed by atoms with Crippen LogP contribution in [0.3, 0.4) is 0 Å². The van der Waals surface area contributed by atoms with Crippen LogP contribution in [-0.4, -0.2) is 53.0 Å². The van der Waals surface area contributed by atoms with Gasteiger partial charge in [0.05, 0.1) is 0 Å². The van der Waals surface area contributed by atoms with Crippen molar-refractivity contribution >= 4 is 31.8 Å². The summed E-state index contributed by atoms with van der Waals surface area (Å²) in [5, 5.41) is 0. The number of hydrogen-bond donors (Lipinski definition) is 6. The highest BCUT2D eigenvalue weighted by molar-refractivity contribution is 7.80. The van der Waals surface area contributed by atoms with Gasteiger partial charge in [0, 0.05) is 11.9 Å². The third-order valence-electron chi connectivity index (χ3n) is 1.51. The molecular formula is C9H19NO11S3. The van der Waals surface area contributed by atoms with Gasteiger partial charge in [0.1, 0.15) is 0 Å². The molecule has 1 rings (SSSR count). The van der Waals surface area contributed by atoms with Crippen LogP contribution in [0.1, 0.15) is 25.5 Å². The molecule has 0 spiro atoms. The molecule has 0 bridgehead atoms. The minimum atomic E-state index is -4.67. The maximum Gasteiger partial charge on any atom is 0.394 e. The van der Waals surface area contributed by atoms with Crippen molar-refractivity contribution in [2.75, 3.05) is 0 Å². The number of unbranched alkanes of at least 4 members (excludes halogenated alkanes) is 1. The van der Waals surface area contributed by atoms with Crippen molar-refractivity contribution in [1.82, 2.24) is 4.98 Å². The van der Waals surface area contributed by atoms with Crippen LogP contribution in [0.4, 0.5) is 0 Å². The summed E-state index contributed by atoms with van der Waals surface area (Å²) in [5.41, 5.74) is 1.21. The SMILES string of the molecule is CCCCc1ccccn1.O=S(=O)(O)O.O=S(=O)(O)O.O=[SH](=O)O. The Hall–Kier alpha value is -1.20. The Morgan fingerprint density at radius 3 is 1.62 bits per heavy atom. The summed E-state index contributed by atoms with van der Waals surface area (Å²) in [7, 11) is -12.5. The second-order valence-corrected chi connectivity index (χ2v) is 5.83. The van der Waals surface area contributed by atoms with Crippen molar-refractivity contribution in [3.63, 3.8) is 0 Å². The summed E-state index contributed by atoms with van der Waals surface area (Å²) in [6.45, 7) is 2.20. The lowest BCUT2D eigenvalue weighted by atomic mass is 10.2. The van der Waals surface area contributed by atoms with E-state index in [1.165, 1.54) is 18.5 Å². The van der Waals surface area contributed by atoms with Gasteiger partial charge >= 0.3 is 20.8 Å². The first kappa shape index (κ1) is 27.6. The molecule has 1 heterocycles. The van der Waals surface area contributed by atoms with Crippen molar-refractivity contribution in [2.24, 2.45) is 0 Å². The predicted molar refractivity (Wildman–Crippen MR) is 84.1 cm³/mol. The molecule has 15 heteroatoms. The summed E-state index contributed by atoms with van der Waals surface area (Å²) in [5.74, 6) is 0. The van der Waals surface area contributed by atoms with Crippen LogP contribution in [0.15, 0.2) is 24.4 Å². The Labute approximate surface area is 141 Å². The number of rotatable bonds is 3. The van der Waals surface area contributed by atoms with Gasteiger partial charge in [-0.2, -0.15) is 16.8 Å². The molecule has 0 aromatic carbocycles. The minimum Gasteiger partial charge on any atom is -0.288 e. The molecule has 0 aliphatic rings. The normalized spacial score (nSPS) is 10.3. The number of pyridine rings is 1. The van der Waals surface area contributed by atoms with Gasteiger partial charge in [-0.3, -0.25) is 27.7 Å². The Kier molecular flexibility index (Phi) is 17.7. The van der Waals surface area contributed by atoms with Crippen molar-refractivity contribution in [1.29, 1.82) is 0 Å². The molecule has 0 fully saturated rings. The lowest BCUT2D eigenvalue weighted by Crippen LogP contribution is -1.89. The van der Waals surface area contributed by atoms with E-state index in [0.29, 0.717) is 0 Å². The number of aromatic nitrogens is 1. The lowest BCUT2D eigenvalue weighted by molar-refractivity contribution is 0.378. The topological polar surface area (TPSA) is 216 Å². The predicted octanol–water partition coefficient (Wildman–Crippen LogP) is 0.189. The Morgan fingerprint density at radius 1 is 1.00 bits per heavy atom. The van der Waals surface area contributed by atoms with E-state index in [0.717, 1.165) is 6.42 Å². The summed E-state index contributed by atoms with van der Waals surface area (Å²) >= 11 is 0. The molecule has 12 nitrogen and oxygen atoms in total. The van der Waals surface area contributed by atoms with Gasteiger partial charge in [0.15, 0.2) is 0 Å². The quantitative estimate of drug-likeness (QED) is 0.289. The van der Waals surface area contributed by atoms with Crippen LogP contribution >= 0.6 is 0 Å². The molecule has 0 saturated carbocycles. The summed E-state index contributed by atoms with van der Waals surface area (Å²) in [6, 6.07) is 6.07. The van der Waals surface area contributed by atoms with Crippen molar-refractivity contribution in [2.45, 2.75) is 26.2 Å². The van der Waals surface area contributed by atoms with Crippen LogP contribution in [0.2, 0.25) is 0 Å². The molecule has 1 aromatic heterocycles. The first-order chi connectivity index (χ1) is 10.7. The summed E-state index contributed by atoms with van der Waals surface area (Å²) < 4.78 is 87.4. The monoisotopic (exact) mass is 413 g/mol. The van der Waals surface area contributed by atoms with E-state index in [1.807, 2.05) is 18.3 Å². The molecular weight excluding hydrogens is 394 g/mol. The number of hydrogen-bond acceptors (Lipinski definition) is 7. The smallest absolute Gasteiger partial charge is 0.288 e. The van der Waals surface area contributed by atoms with E-state index in [9.17, 15) is 0 Å². The second kappa shape index (κ2) is 15.3. The zero-order valence-corrected chi connectivity index (χ0v) is 14.9. The molecule has 0 amide bonds. The van der Waals surface area contributed by atoms with E-state index in [2.05, 4.69) is 18.0 Å². The standard InChI is InChI=1S/C9H13N.2H2O4S.H2O3S/c1-2-3-6-9-7-4-5-8-10-9;2*1-5(2,3)4;1-4(2)3/h4-5,7-8H,2-3,6H2,1H3;2*(H2,1,2,3,4);4H,(H,1,2,3). The van der Waals surface area contributed by atoms with E-state index in [4.69, 9.17) is 48.0 Å². The summed E-state index contributed by atoms with van der Waals surface area (Å²) in [6.07, 6.45) is 5.47. The average Bonchev–Trinajstić information content (AvgIpc) is 2.33. The molecule has 24 heavy (non-hydrogen) atoms. The van der Waals surface area contributed by atoms with Gasteiger partial charge in [0.25, 0.3) is 11.0 Å². The highest BCUT2D eigenvalue weighted by Gasteiger charge is 1.89. The first-order valence-electron chi connectivity index (χ1n) is 5.79. The lowest BCUT2D eigenvalue weighted by Gasteiger charge is -1.95. The highest BCUT2D eigenvalue weighted by atomic mass is 32.3. The number of nitrogens with zero attached hydrogens (tertiary/aromatic N) is 1. The number of aryl methyl sites for hydroxylation is 1. The van der Waals surface area contributed by atoms with Gasteiger partial charge in [-0.05, 0) is 25.0 Å². The maximum absolute atomic E-state index is 8.74. The molecule has 5 N–H and O–H groups in total. The van der Waals surface area contributed by atoms with Crippen molar-refractivity contribution in [3.05, 3.63) is 30.1 Å². The van der Waals surface area contributed by atoms with Crippen LogP contribution in [-0.2, 0) is 38.2 Å². The van der Waals surface area contributed by atoms with Gasteiger partial charge in [0.2, 0.25) is 0 Å². The van der Waals surface area contributed by atoms with Gasteiger partial charge in [-0.15, -0.1) is 0 Å². The van der Waals surface area contributed by atoms with Gasteiger partial charge < -0.3 is 0 Å².